The van der Waals surface area contributed by atoms with Crippen LogP contribution in [0, 0.1) is 0 Å². The van der Waals surface area contributed by atoms with Crippen LogP contribution < -0.4 is 5.32 Å². The Morgan fingerprint density at radius 3 is 2.35 bits per heavy atom. The normalized spacial score (nSPS) is 10.9. The largest absolute Gasteiger partial charge is 0.465 e. The predicted octanol–water partition coefficient (Wildman–Crippen LogP) is 4.63. The van der Waals surface area contributed by atoms with E-state index in [-0.39, 0.29) is 5.97 Å². The van der Waals surface area contributed by atoms with Crippen molar-refractivity contribution in [2.75, 3.05) is 19.7 Å². The van der Waals surface area contributed by atoms with E-state index >= 15 is 0 Å². The second-order valence-electron chi connectivity index (χ2n) is 6.36. The summed E-state index contributed by atoms with van der Waals surface area (Å²) in [5.74, 6) is -0.130. The van der Waals surface area contributed by atoms with Gasteiger partial charge < -0.3 is 10.1 Å². The summed E-state index contributed by atoms with van der Waals surface area (Å²) in [6.07, 6.45) is 3.76. The van der Waals surface area contributed by atoms with E-state index < -0.39 is 0 Å². The lowest BCUT2D eigenvalue weighted by molar-refractivity contribution is -0.143. The van der Waals surface area contributed by atoms with Gasteiger partial charge in [-0.15, -0.1) is 6.58 Å². The van der Waals surface area contributed by atoms with Crippen molar-refractivity contribution >= 4 is 27.5 Å². The average Bonchev–Trinajstić information content (AvgIpc) is 2.67. The van der Waals surface area contributed by atoms with E-state index in [2.05, 4.69) is 66.5 Å². The maximum atomic E-state index is 11.9. The zero-order valence-electron chi connectivity index (χ0n) is 15.0. The number of carbonyl (C=O) groups excluding carboxylic acids is 1. The van der Waals surface area contributed by atoms with E-state index in [9.17, 15) is 4.79 Å². The molecule has 0 aliphatic rings. The van der Waals surface area contributed by atoms with E-state index in [4.69, 9.17) is 4.74 Å². The summed E-state index contributed by atoms with van der Waals surface area (Å²) in [4.78, 5) is 11.9. The third kappa shape index (κ3) is 4.50. The van der Waals surface area contributed by atoms with Crippen molar-refractivity contribution in [3.8, 4) is 0 Å². The number of carbonyl (C=O) groups is 1. The van der Waals surface area contributed by atoms with Gasteiger partial charge in [-0.3, -0.25) is 4.79 Å². The van der Waals surface area contributed by atoms with Crippen LogP contribution in [0.3, 0.4) is 0 Å². The monoisotopic (exact) mass is 347 g/mol. The van der Waals surface area contributed by atoms with E-state index in [1.54, 1.807) is 0 Å². The van der Waals surface area contributed by atoms with Crippen LogP contribution in [0.25, 0.3) is 21.5 Å². The molecule has 3 rings (SSSR count). The van der Waals surface area contributed by atoms with Gasteiger partial charge in [0, 0.05) is 19.4 Å². The number of nitrogens with one attached hydrogen (secondary N) is 1. The Morgan fingerprint density at radius 1 is 1.04 bits per heavy atom. The second kappa shape index (κ2) is 9.16. The minimum Gasteiger partial charge on any atom is -0.465 e. The van der Waals surface area contributed by atoms with Crippen molar-refractivity contribution in [1.29, 1.82) is 0 Å². The number of hydrogen-bond donors (Lipinski definition) is 1. The number of esters is 1. The van der Waals surface area contributed by atoms with E-state index in [0.29, 0.717) is 13.0 Å². The molecule has 0 heterocycles. The van der Waals surface area contributed by atoms with Gasteiger partial charge in [-0.2, -0.15) is 0 Å². The molecule has 3 nitrogen and oxygen atoms in total. The van der Waals surface area contributed by atoms with Crippen molar-refractivity contribution in [3.63, 3.8) is 0 Å². The van der Waals surface area contributed by atoms with E-state index in [0.717, 1.165) is 25.9 Å². The van der Waals surface area contributed by atoms with Crippen LogP contribution in [0.2, 0.25) is 0 Å². The first-order chi connectivity index (χ1) is 12.8. The molecule has 0 spiro atoms. The van der Waals surface area contributed by atoms with Gasteiger partial charge in [0.1, 0.15) is 0 Å². The summed E-state index contributed by atoms with van der Waals surface area (Å²) in [6.45, 7) is 5.63. The fraction of sp³-hybridized carbons (Fsp3) is 0.261. The summed E-state index contributed by atoms with van der Waals surface area (Å²) in [6, 6.07) is 19.0. The molecule has 0 aromatic heterocycles. The first-order valence-corrected chi connectivity index (χ1v) is 9.16. The molecule has 1 N–H and O–H groups in total. The minimum atomic E-state index is -0.130. The minimum absolute atomic E-state index is 0.130. The molecule has 0 saturated carbocycles. The Morgan fingerprint density at radius 2 is 1.69 bits per heavy atom. The Kier molecular flexibility index (Phi) is 6.39. The average molecular weight is 347 g/mol. The highest BCUT2D eigenvalue weighted by molar-refractivity contribution is 6.02. The van der Waals surface area contributed by atoms with Crippen molar-refractivity contribution in [1.82, 2.24) is 5.32 Å². The fourth-order valence-electron chi connectivity index (χ4n) is 3.28. The summed E-state index contributed by atoms with van der Waals surface area (Å²) in [5, 5.41) is 8.10. The maximum absolute atomic E-state index is 11.9. The quantitative estimate of drug-likeness (QED) is 0.265. The molecule has 3 heteroatoms. The Bertz CT molecular complexity index is 847. The Hall–Kier alpha value is -2.65. The molecule has 0 aliphatic heterocycles. The van der Waals surface area contributed by atoms with Crippen LogP contribution in [0.5, 0.6) is 0 Å². The van der Waals surface area contributed by atoms with Gasteiger partial charge >= 0.3 is 5.97 Å². The zero-order chi connectivity index (χ0) is 18.2. The number of benzene rings is 3. The van der Waals surface area contributed by atoms with Crippen LogP contribution >= 0.6 is 0 Å². The fourth-order valence-corrected chi connectivity index (χ4v) is 3.28. The van der Waals surface area contributed by atoms with Crippen LogP contribution in [0.4, 0.5) is 0 Å². The molecular weight excluding hydrogens is 322 g/mol. The molecule has 3 aromatic carbocycles. The lowest BCUT2D eigenvalue weighted by Gasteiger charge is -2.12. The van der Waals surface area contributed by atoms with E-state index in [1.165, 1.54) is 27.1 Å². The third-order valence-electron chi connectivity index (χ3n) is 4.52. The molecule has 0 radical (unpaired) electrons. The standard InChI is InChI=1S/C23H25NO2/c1-2-14-24-15-7-12-23(25)26-16-13-22-20-10-5-3-8-18(20)17-19-9-4-6-11-21(19)22/h2-6,8-11,17,24H,1,7,12-16H2. The highest BCUT2D eigenvalue weighted by Crippen LogP contribution is 2.28. The summed E-state index contributed by atoms with van der Waals surface area (Å²) >= 11 is 0. The van der Waals surface area contributed by atoms with Gasteiger partial charge in [0.2, 0.25) is 0 Å². The van der Waals surface area contributed by atoms with Crippen molar-refractivity contribution in [3.05, 3.63) is 72.8 Å². The van der Waals surface area contributed by atoms with Crippen LogP contribution in [-0.4, -0.2) is 25.7 Å². The predicted molar refractivity (Wildman–Crippen MR) is 108 cm³/mol. The van der Waals surface area contributed by atoms with Crippen molar-refractivity contribution < 1.29 is 9.53 Å². The topological polar surface area (TPSA) is 38.3 Å². The van der Waals surface area contributed by atoms with Gasteiger partial charge in [-0.1, -0.05) is 54.6 Å². The number of ether oxygens (including phenoxy) is 1. The molecular formula is C23H25NO2. The van der Waals surface area contributed by atoms with Gasteiger partial charge in [0.05, 0.1) is 6.61 Å². The summed E-state index contributed by atoms with van der Waals surface area (Å²) in [7, 11) is 0. The smallest absolute Gasteiger partial charge is 0.305 e. The molecule has 0 aliphatic carbocycles. The zero-order valence-corrected chi connectivity index (χ0v) is 15.0. The van der Waals surface area contributed by atoms with Crippen LogP contribution in [-0.2, 0) is 16.0 Å². The number of fused-ring (bicyclic) bond motifs is 2. The highest BCUT2D eigenvalue weighted by atomic mass is 16.5. The first-order valence-electron chi connectivity index (χ1n) is 9.16. The number of hydrogen-bond acceptors (Lipinski definition) is 3. The molecule has 26 heavy (non-hydrogen) atoms. The highest BCUT2D eigenvalue weighted by Gasteiger charge is 2.09. The van der Waals surface area contributed by atoms with Crippen molar-refractivity contribution in [2.24, 2.45) is 0 Å². The van der Waals surface area contributed by atoms with E-state index in [1.807, 2.05) is 6.08 Å². The number of rotatable bonds is 9. The van der Waals surface area contributed by atoms with Gasteiger partial charge in [-0.05, 0) is 46.1 Å². The van der Waals surface area contributed by atoms with Gasteiger partial charge in [0.15, 0.2) is 0 Å². The molecule has 0 unspecified atom stereocenters. The van der Waals surface area contributed by atoms with Crippen molar-refractivity contribution in [2.45, 2.75) is 19.3 Å². The molecule has 0 saturated heterocycles. The molecule has 0 bridgehead atoms. The van der Waals surface area contributed by atoms with Gasteiger partial charge in [-0.25, -0.2) is 0 Å². The molecule has 0 atom stereocenters. The SMILES string of the molecule is C=CCNCCCC(=O)OCCc1c2ccccc2cc2ccccc12. The molecule has 134 valence electrons. The van der Waals surface area contributed by atoms with Gasteiger partial charge in [0.25, 0.3) is 0 Å². The third-order valence-corrected chi connectivity index (χ3v) is 4.52. The molecule has 3 aromatic rings. The van der Waals surface area contributed by atoms with Crippen LogP contribution in [0.1, 0.15) is 18.4 Å². The molecule has 0 fully saturated rings. The maximum Gasteiger partial charge on any atom is 0.305 e. The first kappa shape index (κ1) is 18.2. The lowest BCUT2D eigenvalue weighted by Crippen LogP contribution is -2.17. The summed E-state index contributed by atoms with van der Waals surface area (Å²) < 4.78 is 5.46. The lowest BCUT2D eigenvalue weighted by atomic mass is 9.95. The molecule has 0 amide bonds. The Labute approximate surface area is 154 Å². The second-order valence-corrected chi connectivity index (χ2v) is 6.36. The Balaban J connectivity index is 1.64. The van der Waals surface area contributed by atoms with Crippen LogP contribution in [0.15, 0.2) is 67.3 Å². The summed E-state index contributed by atoms with van der Waals surface area (Å²) in [5.41, 5.74) is 1.25.